The van der Waals surface area contributed by atoms with Crippen LogP contribution in [0.2, 0.25) is 0 Å². The van der Waals surface area contributed by atoms with Gasteiger partial charge in [0.15, 0.2) is 0 Å². The average Bonchev–Trinajstić information content (AvgIpc) is 2.80. The van der Waals surface area contributed by atoms with E-state index < -0.39 is 0 Å². The second kappa shape index (κ2) is 11.1. The van der Waals surface area contributed by atoms with Gasteiger partial charge in [-0.3, -0.25) is 14.6 Å². The van der Waals surface area contributed by atoms with Crippen molar-refractivity contribution in [1.82, 2.24) is 15.1 Å². The first-order valence-corrected chi connectivity index (χ1v) is 12.4. The average molecular weight is 434 g/mol. The van der Waals surface area contributed by atoms with Gasteiger partial charge in [-0.1, -0.05) is 55.5 Å². The zero-order valence-electron chi connectivity index (χ0n) is 19.9. The van der Waals surface area contributed by atoms with Crippen LogP contribution in [0.25, 0.3) is 0 Å². The lowest BCUT2D eigenvalue weighted by Crippen LogP contribution is -2.42. The van der Waals surface area contributed by atoms with Crippen molar-refractivity contribution in [3.05, 3.63) is 70.8 Å². The van der Waals surface area contributed by atoms with Gasteiger partial charge in [-0.05, 0) is 73.9 Å². The van der Waals surface area contributed by atoms with Crippen LogP contribution in [0, 0.1) is 18.8 Å². The molecule has 2 fully saturated rings. The van der Waals surface area contributed by atoms with Crippen LogP contribution in [0.3, 0.4) is 0 Å². The number of hydrogen-bond acceptors (Lipinski definition) is 3. The van der Waals surface area contributed by atoms with Gasteiger partial charge in [0.25, 0.3) is 0 Å². The highest BCUT2D eigenvalue weighted by Gasteiger charge is 2.25. The number of carbonyl (C=O) groups is 1. The molecule has 1 amide bonds. The van der Waals surface area contributed by atoms with Crippen molar-refractivity contribution < 1.29 is 4.79 Å². The summed E-state index contributed by atoms with van der Waals surface area (Å²) in [5, 5.41) is 3.20. The molecule has 0 spiro atoms. The number of nitrogens with zero attached hydrogens (tertiary/aromatic N) is 2. The van der Waals surface area contributed by atoms with Gasteiger partial charge in [0.2, 0.25) is 5.91 Å². The molecule has 2 aromatic rings. The normalized spacial score (nSPS) is 22.6. The van der Waals surface area contributed by atoms with Crippen LogP contribution >= 0.6 is 0 Å². The van der Waals surface area contributed by atoms with Gasteiger partial charge in [-0.25, -0.2) is 0 Å². The van der Waals surface area contributed by atoms with Gasteiger partial charge in [0, 0.05) is 32.7 Å². The molecule has 2 aromatic carbocycles. The Hall–Kier alpha value is -2.17. The minimum Gasteiger partial charge on any atom is -0.352 e. The van der Waals surface area contributed by atoms with E-state index in [2.05, 4.69) is 77.5 Å². The third-order valence-corrected chi connectivity index (χ3v) is 7.17. The number of likely N-dealkylation sites (tertiary alicyclic amines) is 2. The van der Waals surface area contributed by atoms with Crippen LogP contribution in [0.1, 0.15) is 54.9 Å². The molecule has 32 heavy (non-hydrogen) atoms. The van der Waals surface area contributed by atoms with Gasteiger partial charge < -0.3 is 5.32 Å². The van der Waals surface area contributed by atoms with Crippen molar-refractivity contribution in [3.63, 3.8) is 0 Å². The number of amides is 1. The van der Waals surface area contributed by atoms with Crippen LogP contribution < -0.4 is 5.32 Å². The summed E-state index contributed by atoms with van der Waals surface area (Å²) in [7, 11) is 0. The number of nitrogens with one attached hydrogen (secondary N) is 1. The molecule has 2 heterocycles. The zero-order chi connectivity index (χ0) is 22.3. The van der Waals surface area contributed by atoms with Crippen molar-refractivity contribution in [1.29, 1.82) is 0 Å². The molecule has 2 unspecified atom stereocenters. The lowest BCUT2D eigenvalue weighted by Gasteiger charge is -2.32. The monoisotopic (exact) mass is 433 g/mol. The molecule has 4 nitrogen and oxygen atoms in total. The number of benzene rings is 2. The van der Waals surface area contributed by atoms with Gasteiger partial charge in [-0.15, -0.1) is 0 Å². The standard InChI is InChI=1S/C28H39N3O/c1-22-7-5-15-30(18-22)19-25-13-11-24(12-14-25)17-29-28(32)27-10-6-16-31(21-27)20-26-9-4-3-8-23(26)2/h3-4,8-9,11-14,22,27H,5-7,10,15-21H2,1-2H3,(H,29,32). The lowest BCUT2D eigenvalue weighted by molar-refractivity contribution is -0.126. The van der Waals surface area contributed by atoms with E-state index in [1.54, 1.807) is 0 Å². The molecule has 172 valence electrons. The van der Waals surface area contributed by atoms with Crippen LogP contribution in [0.4, 0.5) is 0 Å². The Morgan fingerprint density at radius 2 is 1.59 bits per heavy atom. The molecule has 0 saturated carbocycles. The van der Waals surface area contributed by atoms with E-state index in [1.807, 2.05) is 0 Å². The van der Waals surface area contributed by atoms with Crippen molar-refractivity contribution in [2.24, 2.45) is 11.8 Å². The second-order valence-electron chi connectivity index (χ2n) is 10.0. The maximum atomic E-state index is 12.9. The van der Waals surface area contributed by atoms with E-state index >= 15 is 0 Å². The fraction of sp³-hybridized carbons (Fsp3) is 0.536. The van der Waals surface area contributed by atoms with E-state index in [9.17, 15) is 4.79 Å². The molecule has 0 bridgehead atoms. The third-order valence-electron chi connectivity index (χ3n) is 7.17. The van der Waals surface area contributed by atoms with Gasteiger partial charge >= 0.3 is 0 Å². The van der Waals surface area contributed by atoms with Crippen LogP contribution in [0.5, 0.6) is 0 Å². The predicted molar refractivity (Wildman–Crippen MR) is 131 cm³/mol. The SMILES string of the molecule is Cc1ccccc1CN1CCCC(C(=O)NCc2ccc(CN3CCCC(C)C3)cc2)C1. The Balaban J connectivity index is 1.23. The molecule has 1 N–H and O–H groups in total. The van der Waals surface area contributed by atoms with Crippen LogP contribution in [-0.4, -0.2) is 41.9 Å². The Morgan fingerprint density at radius 3 is 2.34 bits per heavy atom. The molecule has 0 aliphatic carbocycles. The largest absolute Gasteiger partial charge is 0.352 e. The van der Waals surface area contributed by atoms with Gasteiger partial charge in [-0.2, -0.15) is 0 Å². The summed E-state index contributed by atoms with van der Waals surface area (Å²) in [4.78, 5) is 17.9. The summed E-state index contributed by atoms with van der Waals surface area (Å²) in [6.45, 7) is 11.5. The lowest BCUT2D eigenvalue weighted by atomic mass is 9.96. The predicted octanol–water partition coefficient (Wildman–Crippen LogP) is 4.76. The first-order chi connectivity index (χ1) is 15.6. The summed E-state index contributed by atoms with van der Waals surface area (Å²) in [5.41, 5.74) is 5.25. The van der Waals surface area contributed by atoms with Gasteiger partial charge in [0.05, 0.1) is 5.92 Å². The van der Waals surface area contributed by atoms with Gasteiger partial charge in [0.1, 0.15) is 0 Å². The summed E-state index contributed by atoms with van der Waals surface area (Å²) in [6.07, 6.45) is 4.76. The molecule has 0 aromatic heterocycles. The number of carbonyl (C=O) groups excluding carboxylic acids is 1. The Kier molecular flexibility index (Phi) is 7.99. The third kappa shape index (κ3) is 6.43. The van der Waals surface area contributed by atoms with E-state index in [0.29, 0.717) is 6.54 Å². The number of hydrogen-bond donors (Lipinski definition) is 1. The highest BCUT2D eigenvalue weighted by molar-refractivity contribution is 5.79. The quantitative estimate of drug-likeness (QED) is 0.684. The van der Waals surface area contributed by atoms with Crippen molar-refractivity contribution >= 4 is 5.91 Å². The highest BCUT2D eigenvalue weighted by atomic mass is 16.1. The molecule has 2 aliphatic rings. The molecule has 2 atom stereocenters. The zero-order valence-corrected chi connectivity index (χ0v) is 19.9. The van der Waals surface area contributed by atoms with Crippen LogP contribution in [-0.2, 0) is 24.4 Å². The Labute approximate surface area is 194 Å². The molecule has 4 heteroatoms. The summed E-state index contributed by atoms with van der Waals surface area (Å²) in [5.74, 6) is 1.10. The Bertz CT molecular complexity index is 879. The van der Waals surface area contributed by atoms with Crippen molar-refractivity contribution in [2.75, 3.05) is 26.2 Å². The fourth-order valence-corrected chi connectivity index (χ4v) is 5.23. The number of rotatable bonds is 7. The minimum absolute atomic E-state index is 0.0909. The maximum Gasteiger partial charge on any atom is 0.224 e. The molecular weight excluding hydrogens is 394 g/mol. The van der Waals surface area contributed by atoms with Crippen molar-refractivity contribution in [2.45, 2.75) is 59.2 Å². The highest BCUT2D eigenvalue weighted by Crippen LogP contribution is 2.21. The molecule has 2 saturated heterocycles. The molecule has 0 radical (unpaired) electrons. The first-order valence-electron chi connectivity index (χ1n) is 12.4. The minimum atomic E-state index is 0.0909. The summed E-state index contributed by atoms with van der Waals surface area (Å²) >= 11 is 0. The van der Waals surface area contributed by atoms with E-state index in [4.69, 9.17) is 0 Å². The summed E-state index contributed by atoms with van der Waals surface area (Å²) < 4.78 is 0. The number of aryl methyl sites for hydroxylation is 1. The Morgan fingerprint density at radius 1 is 0.906 bits per heavy atom. The van der Waals surface area contributed by atoms with Crippen LogP contribution in [0.15, 0.2) is 48.5 Å². The smallest absolute Gasteiger partial charge is 0.224 e. The topological polar surface area (TPSA) is 35.6 Å². The fourth-order valence-electron chi connectivity index (χ4n) is 5.23. The van der Waals surface area contributed by atoms with E-state index in [1.165, 1.54) is 48.2 Å². The summed E-state index contributed by atoms with van der Waals surface area (Å²) in [6, 6.07) is 17.4. The molecule has 2 aliphatic heterocycles. The molecule has 4 rings (SSSR count). The molecular formula is C28H39N3O. The second-order valence-corrected chi connectivity index (χ2v) is 10.0. The van der Waals surface area contributed by atoms with E-state index in [0.717, 1.165) is 44.9 Å². The maximum absolute atomic E-state index is 12.9. The van der Waals surface area contributed by atoms with E-state index in [-0.39, 0.29) is 11.8 Å². The van der Waals surface area contributed by atoms with Crippen molar-refractivity contribution in [3.8, 4) is 0 Å². The first kappa shape index (κ1) is 23.0. The number of piperidine rings is 2.